The molecule has 0 radical (unpaired) electrons. The van der Waals surface area contributed by atoms with Gasteiger partial charge in [-0.1, -0.05) is 18.9 Å². The van der Waals surface area contributed by atoms with Crippen molar-refractivity contribution in [2.75, 3.05) is 19.6 Å². The lowest BCUT2D eigenvalue weighted by Gasteiger charge is -2.22. The van der Waals surface area contributed by atoms with E-state index in [4.69, 9.17) is 0 Å². The zero-order valence-electron chi connectivity index (χ0n) is 12.3. The summed E-state index contributed by atoms with van der Waals surface area (Å²) in [6, 6.07) is 4.47. The van der Waals surface area contributed by atoms with Crippen LogP contribution in [0.3, 0.4) is 0 Å². The highest BCUT2D eigenvalue weighted by molar-refractivity contribution is 5.76. The van der Waals surface area contributed by atoms with Gasteiger partial charge in [0.2, 0.25) is 5.91 Å². The Balaban J connectivity index is 1.96. The number of halogens is 1. The second-order valence-electron chi connectivity index (χ2n) is 5.58. The summed E-state index contributed by atoms with van der Waals surface area (Å²) in [5.74, 6) is -0.836. The molecule has 0 aromatic heterocycles. The third kappa shape index (κ3) is 5.34. The highest BCUT2D eigenvalue weighted by Gasteiger charge is 2.11. The zero-order chi connectivity index (χ0) is 15.1. The number of nitrogens with one attached hydrogen (secondary N) is 1. The van der Waals surface area contributed by atoms with Gasteiger partial charge < -0.3 is 10.4 Å². The maximum Gasteiger partial charge on any atom is 0.221 e. The van der Waals surface area contributed by atoms with Gasteiger partial charge in [0.15, 0.2) is 11.6 Å². The van der Waals surface area contributed by atoms with E-state index in [1.54, 1.807) is 6.07 Å². The first-order valence-corrected chi connectivity index (χ1v) is 7.61. The molecule has 1 fully saturated rings. The van der Waals surface area contributed by atoms with Crippen LogP contribution in [-0.4, -0.2) is 35.5 Å². The van der Waals surface area contributed by atoms with Crippen LogP contribution in [0.4, 0.5) is 4.39 Å². The van der Waals surface area contributed by atoms with Gasteiger partial charge in [-0.2, -0.15) is 0 Å². The van der Waals surface area contributed by atoms with Crippen molar-refractivity contribution in [3.05, 3.63) is 29.6 Å². The molecule has 1 heterocycles. The first kappa shape index (κ1) is 15.8. The van der Waals surface area contributed by atoms with Crippen LogP contribution in [0, 0.1) is 5.82 Å². The molecule has 1 saturated heterocycles. The van der Waals surface area contributed by atoms with E-state index in [1.165, 1.54) is 12.1 Å². The molecule has 4 nitrogen and oxygen atoms in total. The van der Waals surface area contributed by atoms with Gasteiger partial charge in [-0.05, 0) is 37.1 Å². The Morgan fingerprint density at radius 2 is 2.00 bits per heavy atom. The average Bonchev–Trinajstić information content (AvgIpc) is 2.50. The van der Waals surface area contributed by atoms with E-state index in [2.05, 4.69) is 10.2 Å². The minimum absolute atomic E-state index is 0.0822. The molecule has 2 N–H and O–H groups in total. The van der Waals surface area contributed by atoms with E-state index in [9.17, 15) is 14.3 Å². The fourth-order valence-electron chi connectivity index (χ4n) is 2.57. The van der Waals surface area contributed by atoms with Crippen molar-refractivity contribution in [2.24, 2.45) is 0 Å². The predicted molar refractivity (Wildman–Crippen MR) is 79.4 cm³/mol. The second-order valence-corrected chi connectivity index (χ2v) is 5.58. The molecule has 1 aliphatic heterocycles. The number of phenols is 1. The minimum atomic E-state index is -0.594. The number of hydrogen-bond acceptors (Lipinski definition) is 3. The van der Waals surface area contributed by atoms with Gasteiger partial charge in [-0.25, -0.2) is 4.39 Å². The molecule has 1 amide bonds. The number of nitrogens with zero attached hydrogens (tertiary/aromatic N) is 1. The molecule has 0 spiro atoms. The number of benzene rings is 1. The standard InChI is InChI=1S/C16H23FN2O2/c17-14-11-13(5-6-15(14)20)12-19-9-4-2-1-3-8-18-16(21)7-10-19/h5-6,11,20H,1-4,7-10,12H2,(H,18,21). The monoisotopic (exact) mass is 294 g/mol. The third-order valence-corrected chi connectivity index (χ3v) is 3.80. The molecular weight excluding hydrogens is 271 g/mol. The summed E-state index contributed by atoms with van der Waals surface area (Å²) in [6.45, 7) is 2.95. The molecule has 0 bridgehead atoms. The number of rotatable bonds is 2. The summed E-state index contributed by atoms with van der Waals surface area (Å²) in [6.07, 6.45) is 4.88. The van der Waals surface area contributed by atoms with Crippen LogP contribution < -0.4 is 5.32 Å². The van der Waals surface area contributed by atoms with Crippen LogP contribution in [0.5, 0.6) is 5.75 Å². The predicted octanol–water partition coefficient (Wildman–Crippen LogP) is 2.41. The van der Waals surface area contributed by atoms with Gasteiger partial charge >= 0.3 is 0 Å². The molecule has 1 aliphatic rings. The number of aromatic hydroxyl groups is 1. The summed E-state index contributed by atoms with van der Waals surface area (Å²) < 4.78 is 13.4. The summed E-state index contributed by atoms with van der Waals surface area (Å²) in [7, 11) is 0. The van der Waals surface area contributed by atoms with E-state index in [1.807, 2.05) is 0 Å². The van der Waals surface area contributed by atoms with Crippen molar-refractivity contribution < 1.29 is 14.3 Å². The normalized spacial score (nSPS) is 18.8. The quantitative estimate of drug-likeness (QED) is 0.880. The van der Waals surface area contributed by atoms with E-state index in [-0.39, 0.29) is 11.7 Å². The van der Waals surface area contributed by atoms with E-state index < -0.39 is 5.82 Å². The first-order chi connectivity index (χ1) is 10.1. The molecular formula is C16H23FN2O2. The Bertz CT molecular complexity index is 479. The lowest BCUT2D eigenvalue weighted by atomic mass is 10.1. The van der Waals surface area contributed by atoms with Crippen molar-refractivity contribution in [3.8, 4) is 5.75 Å². The van der Waals surface area contributed by atoms with Crippen LogP contribution in [0.1, 0.15) is 37.7 Å². The molecule has 1 aromatic rings. The zero-order valence-corrected chi connectivity index (χ0v) is 12.3. The van der Waals surface area contributed by atoms with Gasteiger partial charge in [0, 0.05) is 26.1 Å². The maximum absolute atomic E-state index is 13.4. The molecule has 21 heavy (non-hydrogen) atoms. The Morgan fingerprint density at radius 1 is 1.19 bits per heavy atom. The topological polar surface area (TPSA) is 52.6 Å². The van der Waals surface area contributed by atoms with Gasteiger partial charge in [0.25, 0.3) is 0 Å². The Hall–Kier alpha value is -1.62. The molecule has 0 saturated carbocycles. The van der Waals surface area contributed by atoms with Crippen LogP contribution in [-0.2, 0) is 11.3 Å². The maximum atomic E-state index is 13.4. The lowest BCUT2D eigenvalue weighted by molar-refractivity contribution is -0.121. The fourth-order valence-corrected chi connectivity index (χ4v) is 2.57. The number of carbonyl (C=O) groups excluding carboxylic acids is 1. The van der Waals surface area contributed by atoms with Crippen molar-refractivity contribution >= 4 is 5.91 Å². The number of hydrogen-bond donors (Lipinski definition) is 2. The van der Waals surface area contributed by atoms with Crippen LogP contribution in [0.2, 0.25) is 0 Å². The minimum Gasteiger partial charge on any atom is -0.505 e. The largest absolute Gasteiger partial charge is 0.505 e. The molecule has 0 atom stereocenters. The summed E-state index contributed by atoms with van der Waals surface area (Å²) in [5, 5.41) is 12.1. The molecule has 0 aliphatic carbocycles. The van der Waals surface area contributed by atoms with Gasteiger partial charge in [0.05, 0.1) is 0 Å². The van der Waals surface area contributed by atoms with Crippen LogP contribution >= 0.6 is 0 Å². The Kier molecular flexibility index (Phi) is 5.99. The second kappa shape index (κ2) is 7.98. The lowest BCUT2D eigenvalue weighted by Crippen LogP contribution is -2.31. The SMILES string of the molecule is O=C1CCN(Cc2ccc(O)c(F)c2)CCCCCCN1. The van der Waals surface area contributed by atoms with Crippen molar-refractivity contribution in [2.45, 2.75) is 38.6 Å². The fraction of sp³-hybridized carbons (Fsp3) is 0.562. The third-order valence-electron chi connectivity index (χ3n) is 3.80. The summed E-state index contributed by atoms with van der Waals surface area (Å²) in [4.78, 5) is 13.9. The highest BCUT2D eigenvalue weighted by Crippen LogP contribution is 2.18. The van der Waals surface area contributed by atoms with Crippen molar-refractivity contribution in [1.29, 1.82) is 0 Å². The van der Waals surface area contributed by atoms with E-state index >= 15 is 0 Å². The number of carbonyl (C=O) groups is 1. The van der Waals surface area contributed by atoms with Crippen LogP contribution in [0.25, 0.3) is 0 Å². The Labute approximate surface area is 125 Å². The molecule has 0 unspecified atom stereocenters. The van der Waals surface area contributed by atoms with Crippen molar-refractivity contribution in [3.63, 3.8) is 0 Å². The van der Waals surface area contributed by atoms with Crippen molar-refractivity contribution in [1.82, 2.24) is 10.2 Å². The Morgan fingerprint density at radius 3 is 2.81 bits per heavy atom. The number of amides is 1. The van der Waals surface area contributed by atoms with E-state index in [0.29, 0.717) is 19.5 Å². The summed E-state index contributed by atoms with van der Waals surface area (Å²) in [5.41, 5.74) is 0.820. The van der Waals surface area contributed by atoms with Gasteiger partial charge in [0.1, 0.15) is 0 Å². The molecule has 1 aromatic carbocycles. The first-order valence-electron chi connectivity index (χ1n) is 7.61. The molecule has 2 rings (SSSR count). The molecule has 5 heteroatoms. The molecule has 116 valence electrons. The van der Waals surface area contributed by atoms with Crippen LogP contribution in [0.15, 0.2) is 18.2 Å². The average molecular weight is 294 g/mol. The smallest absolute Gasteiger partial charge is 0.221 e. The highest BCUT2D eigenvalue weighted by atomic mass is 19.1. The van der Waals surface area contributed by atoms with Gasteiger partial charge in [-0.3, -0.25) is 9.69 Å². The van der Waals surface area contributed by atoms with E-state index in [0.717, 1.165) is 44.3 Å². The number of phenolic OH excluding ortho intramolecular Hbond substituents is 1. The summed E-state index contributed by atoms with van der Waals surface area (Å²) >= 11 is 0. The van der Waals surface area contributed by atoms with Gasteiger partial charge in [-0.15, -0.1) is 0 Å².